The minimum absolute atomic E-state index is 0.197. The van der Waals surface area contributed by atoms with E-state index in [9.17, 15) is 0 Å². The van der Waals surface area contributed by atoms with E-state index in [1.807, 2.05) is 6.07 Å². The van der Waals surface area contributed by atoms with Crippen LogP contribution >= 0.6 is 0 Å². The molecule has 0 radical (unpaired) electrons. The zero-order valence-corrected chi connectivity index (χ0v) is 22.7. The predicted molar refractivity (Wildman–Crippen MR) is 93.8 cm³/mol. The second-order valence-electron chi connectivity index (χ2n) is 7.18. The van der Waals surface area contributed by atoms with Crippen molar-refractivity contribution in [3.63, 3.8) is 0 Å². The van der Waals surface area contributed by atoms with Crippen molar-refractivity contribution in [2.24, 2.45) is 5.92 Å². The van der Waals surface area contributed by atoms with Gasteiger partial charge in [-0.1, -0.05) is 0 Å². The molecule has 1 atom stereocenters. The summed E-state index contributed by atoms with van der Waals surface area (Å²) in [6.07, 6.45) is 0.467. The second-order valence-corrected chi connectivity index (χ2v) is 11.1. The number of hydrogen-bond donors (Lipinski definition) is 0. The van der Waals surface area contributed by atoms with Gasteiger partial charge >= 0.3 is 168 Å². The maximum atomic E-state index is 6.29. The molecule has 1 aliphatic rings. The molecule has 3 aromatic rings. The van der Waals surface area contributed by atoms with Crippen LogP contribution in [0.5, 0.6) is 0 Å². The molecule has 0 saturated carbocycles. The molecule has 1 unspecified atom stereocenters. The first kappa shape index (κ1) is 15.8. The van der Waals surface area contributed by atoms with Crippen molar-refractivity contribution < 1.29 is 47.6 Å². The van der Waals surface area contributed by atoms with Gasteiger partial charge in [-0.3, -0.25) is 0 Å². The Labute approximate surface area is 167 Å². The molecular weight excluding hydrogens is 498 g/mol. The summed E-state index contributed by atoms with van der Waals surface area (Å²) >= 11 is 0.197. The molecule has 23 heavy (non-hydrogen) atoms. The summed E-state index contributed by atoms with van der Waals surface area (Å²) in [5.41, 5.74) is 4.74. The maximum absolute atomic E-state index is 6.29. The molecule has 116 valence electrons. The Kier molecular flexibility index (Phi) is 3.91. The number of nitrogens with zero attached hydrogens (tertiary/aromatic N) is 2. The van der Waals surface area contributed by atoms with Crippen LogP contribution in [-0.4, -0.2) is 12.2 Å². The van der Waals surface area contributed by atoms with Gasteiger partial charge in [-0.25, -0.2) is 0 Å². The van der Waals surface area contributed by atoms with Crippen molar-refractivity contribution in [2.45, 2.75) is 39.9 Å². The Balaban J connectivity index is 2.04. The van der Waals surface area contributed by atoms with Gasteiger partial charge in [0.25, 0.3) is 0 Å². The zero-order chi connectivity index (χ0) is 16.3. The van der Waals surface area contributed by atoms with E-state index < -0.39 is 0 Å². The fourth-order valence-corrected chi connectivity index (χ4v) is 9.38. The number of anilines is 2. The molecule has 2 heterocycles. The van der Waals surface area contributed by atoms with Crippen LogP contribution in [0, 0.1) is 49.1 Å². The van der Waals surface area contributed by atoms with E-state index in [-0.39, 0.29) is 43.2 Å². The first-order valence-electron chi connectivity index (χ1n) is 8.46. The summed E-state index contributed by atoms with van der Waals surface area (Å²) in [6.45, 7) is 9.23. The Morgan fingerprint density at radius 1 is 1.00 bits per heavy atom. The van der Waals surface area contributed by atoms with Gasteiger partial charge in [0.05, 0.1) is 0 Å². The topological polar surface area (TPSA) is 19.6 Å². The number of para-hydroxylation sites is 1. The molecule has 0 amide bonds. The van der Waals surface area contributed by atoms with E-state index in [1.54, 1.807) is 0 Å². The summed E-state index contributed by atoms with van der Waals surface area (Å²) in [4.78, 5) is 2.58. The summed E-state index contributed by atoms with van der Waals surface area (Å²) in [6, 6.07) is 13.4. The van der Waals surface area contributed by atoms with Crippen molar-refractivity contribution in [1.82, 2.24) is 0 Å². The molecular formula is C19H22N2ORa. The molecule has 4 heteroatoms. The quantitative estimate of drug-likeness (QED) is 0.484. The second kappa shape index (κ2) is 5.69. The van der Waals surface area contributed by atoms with Crippen LogP contribution in [0.2, 0.25) is 0 Å². The summed E-state index contributed by atoms with van der Waals surface area (Å²) in [5, 5.41) is 2.47. The fraction of sp³-hybridized carbons (Fsp3) is 0.368. The number of benzene rings is 2. The average molecular weight is 520 g/mol. The van der Waals surface area contributed by atoms with E-state index in [0.717, 1.165) is 11.2 Å². The van der Waals surface area contributed by atoms with Crippen molar-refractivity contribution in [3.8, 4) is 0 Å². The van der Waals surface area contributed by atoms with Crippen molar-refractivity contribution in [3.05, 3.63) is 36.4 Å². The first-order chi connectivity index (χ1) is 11.0. The number of hydrogen-bond acceptors (Lipinski definition) is 3. The van der Waals surface area contributed by atoms with Crippen LogP contribution in [0.1, 0.15) is 27.7 Å². The van der Waals surface area contributed by atoms with Gasteiger partial charge in [0.15, 0.2) is 0 Å². The van der Waals surface area contributed by atoms with Crippen LogP contribution in [0.3, 0.4) is 0 Å². The van der Waals surface area contributed by atoms with Crippen molar-refractivity contribution in [1.29, 1.82) is 0 Å². The van der Waals surface area contributed by atoms with Crippen molar-refractivity contribution in [2.75, 3.05) is 5.33 Å². The molecule has 1 aromatic heterocycles. The van der Waals surface area contributed by atoms with E-state index in [2.05, 4.69) is 63.4 Å². The monoisotopic (exact) mass is 520 g/mol. The van der Waals surface area contributed by atoms with Crippen LogP contribution in [0.25, 0.3) is 21.9 Å². The van der Waals surface area contributed by atoms with Gasteiger partial charge in [0.2, 0.25) is 0 Å². The van der Waals surface area contributed by atoms with Crippen LogP contribution in [0.4, 0.5) is 11.4 Å². The number of fused-ring (bicyclic) bond motifs is 5. The third-order valence-corrected chi connectivity index (χ3v) is 8.98. The summed E-state index contributed by atoms with van der Waals surface area (Å²) in [7, 11) is 0. The van der Waals surface area contributed by atoms with E-state index >= 15 is 0 Å². The van der Waals surface area contributed by atoms with Crippen LogP contribution in [0.15, 0.2) is 40.8 Å². The summed E-state index contributed by atoms with van der Waals surface area (Å²) < 4.78 is 8.91. The molecule has 0 spiro atoms. The molecule has 2 aromatic carbocycles. The molecule has 0 saturated heterocycles. The van der Waals surface area contributed by atoms with Gasteiger partial charge in [0, 0.05) is 0 Å². The minimum atomic E-state index is 0.197. The molecule has 0 fully saturated rings. The standard InChI is InChI=1S/C19H21N2O.Ra.H/c1-11(2)19-20-17-15(21(19)12(3)4)10-9-14-13-7-5-6-8-16(13)22-18(14)17;;/h5-12,19H,1-4H3;;/q-1;+1;. The van der Waals surface area contributed by atoms with E-state index in [4.69, 9.17) is 4.42 Å². The molecule has 3 nitrogen and oxygen atoms in total. The first-order valence-corrected chi connectivity index (χ1v) is 12.1. The third kappa shape index (κ3) is 2.26. The number of rotatable bonds is 2. The summed E-state index contributed by atoms with van der Waals surface area (Å²) in [5.74, 6) is 0.594. The van der Waals surface area contributed by atoms with Crippen LogP contribution < -0.4 is 5.33 Å². The Morgan fingerprint density at radius 3 is 2.43 bits per heavy atom. The molecule has 0 aliphatic carbocycles. The fourth-order valence-electron chi connectivity index (χ4n) is 4.13. The van der Waals surface area contributed by atoms with Gasteiger partial charge in [-0.05, 0) is 0 Å². The number of furan rings is 1. The van der Waals surface area contributed by atoms with Gasteiger partial charge in [-0.2, -0.15) is 0 Å². The average Bonchev–Trinajstić information content (AvgIpc) is 3.02. The van der Waals surface area contributed by atoms with Crippen molar-refractivity contribution >= 4 is 33.3 Å². The SMILES string of the molecule is CC(C)C1[N]([RaH])c2c(ccc3c2oc2ccccc23)N1C(C)C. The molecule has 4 rings (SSSR count). The Bertz CT molecular complexity index is 884. The van der Waals surface area contributed by atoms with Gasteiger partial charge < -0.3 is 0 Å². The molecule has 0 bridgehead atoms. The van der Waals surface area contributed by atoms with Gasteiger partial charge in [0.1, 0.15) is 0 Å². The third-order valence-electron chi connectivity index (χ3n) is 4.96. The molecule has 0 N–H and O–H groups in total. The Morgan fingerprint density at radius 2 is 1.74 bits per heavy atom. The van der Waals surface area contributed by atoms with E-state index in [0.29, 0.717) is 18.1 Å². The zero-order valence-electron chi connectivity index (χ0n) is 14.5. The van der Waals surface area contributed by atoms with Gasteiger partial charge in [-0.15, -0.1) is 0 Å². The molecule has 1 aliphatic heterocycles. The normalized spacial score (nSPS) is 17.9. The Hall–Kier alpha value is -0.692. The van der Waals surface area contributed by atoms with E-state index in [1.165, 1.54) is 22.1 Å². The van der Waals surface area contributed by atoms with Crippen LogP contribution in [-0.2, 0) is 0 Å². The predicted octanol–water partition coefficient (Wildman–Crippen LogP) is 4.80.